The Balaban J connectivity index is 1.69. The summed E-state index contributed by atoms with van der Waals surface area (Å²) in [5, 5.41) is 6.50. The van der Waals surface area contributed by atoms with Crippen molar-refractivity contribution >= 4 is 17.6 Å². The first-order chi connectivity index (χ1) is 9.62. The smallest absolute Gasteiger partial charge is 0.268 e. The van der Waals surface area contributed by atoms with Crippen LogP contribution in [0.3, 0.4) is 0 Å². The van der Waals surface area contributed by atoms with E-state index < -0.39 is 5.60 Å². The van der Waals surface area contributed by atoms with Gasteiger partial charge in [0.15, 0.2) is 5.60 Å². The van der Waals surface area contributed by atoms with Crippen molar-refractivity contribution in [2.45, 2.75) is 25.4 Å². The molecule has 1 atom stereocenters. The van der Waals surface area contributed by atoms with E-state index in [0.29, 0.717) is 24.6 Å². The van der Waals surface area contributed by atoms with Crippen molar-refractivity contribution in [3.05, 3.63) is 18.0 Å². The predicted octanol–water partition coefficient (Wildman–Crippen LogP) is 0.256. The van der Waals surface area contributed by atoms with Crippen LogP contribution in [0.2, 0.25) is 0 Å². The highest BCUT2D eigenvalue weighted by molar-refractivity contribution is 6.39. The molecule has 106 valence electrons. The van der Waals surface area contributed by atoms with E-state index in [-0.39, 0.29) is 5.91 Å². The summed E-state index contributed by atoms with van der Waals surface area (Å²) in [5.41, 5.74) is 1.08. The zero-order valence-electron chi connectivity index (χ0n) is 11.6. The maximum absolute atomic E-state index is 11.6. The van der Waals surface area contributed by atoms with Gasteiger partial charge in [-0.15, -0.1) is 0 Å². The highest BCUT2D eigenvalue weighted by atomic mass is 16.7. The molecule has 0 radical (unpaired) electrons. The number of nitrogens with one attached hydrogen (secondary N) is 1. The molecule has 3 rings (SSSR count). The quantitative estimate of drug-likeness (QED) is 0.837. The normalized spacial score (nSPS) is 24.7. The molecule has 2 aliphatic heterocycles. The lowest BCUT2D eigenvalue weighted by Crippen LogP contribution is -2.36. The SMILES string of the molecule is CNC(=O)C1=NOC2(CCN(c3ncc(C)cn3)C2)C1. The lowest BCUT2D eigenvalue weighted by molar-refractivity contribution is -0.114. The third-order valence-electron chi connectivity index (χ3n) is 3.69. The van der Waals surface area contributed by atoms with Gasteiger partial charge >= 0.3 is 0 Å². The number of rotatable bonds is 2. The van der Waals surface area contributed by atoms with E-state index in [9.17, 15) is 4.79 Å². The minimum atomic E-state index is -0.407. The number of carbonyl (C=O) groups excluding carboxylic acids is 1. The summed E-state index contributed by atoms with van der Waals surface area (Å²) in [7, 11) is 1.59. The molecule has 0 aliphatic carbocycles. The molecule has 2 aliphatic rings. The van der Waals surface area contributed by atoms with Crippen molar-refractivity contribution in [2.75, 3.05) is 25.0 Å². The Morgan fingerprint density at radius 1 is 1.45 bits per heavy atom. The molecule has 1 saturated heterocycles. The molecule has 1 unspecified atom stereocenters. The Bertz CT molecular complexity index is 556. The second-order valence-electron chi connectivity index (χ2n) is 5.30. The number of anilines is 1. The van der Waals surface area contributed by atoms with Crippen LogP contribution in [0.5, 0.6) is 0 Å². The van der Waals surface area contributed by atoms with Gasteiger partial charge in [0.05, 0.1) is 6.54 Å². The zero-order chi connectivity index (χ0) is 14.2. The summed E-state index contributed by atoms with van der Waals surface area (Å²) in [6, 6.07) is 0. The Labute approximate surface area is 117 Å². The van der Waals surface area contributed by atoms with Gasteiger partial charge in [-0.1, -0.05) is 5.16 Å². The predicted molar refractivity (Wildman–Crippen MR) is 73.5 cm³/mol. The van der Waals surface area contributed by atoms with Gasteiger partial charge in [0.25, 0.3) is 5.91 Å². The Hall–Kier alpha value is -2.18. The number of amides is 1. The monoisotopic (exact) mass is 275 g/mol. The third kappa shape index (κ3) is 2.19. The lowest BCUT2D eigenvalue weighted by Gasteiger charge is -2.21. The van der Waals surface area contributed by atoms with Crippen LogP contribution in [-0.4, -0.2) is 47.3 Å². The second kappa shape index (κ2) is 4.73. The number of hydrogen-bond acceptors (Lipinski definition) is 6. The molecule has 1 aromatic heterocycles. The average Bonchev–Trinajstić information content (AvgIpc) is 3.07. The maximum Gasteiger partial charge on any atom is 0.268 e. The van der Waals surface area contributed by atoms with Crippen molar-refractivity contribution in [3.8, 4) is 0 Å². The molecular formula is C13H17N5O2. The van der Waals surface area contributed by atoms with Crippen LogP contribution in [0.25, 0.3) is 0 Å². The highest BCUT2D eigenvalue weighted by Crippen LogP contribution is 2.35. The molecule has 0 bridgehead atoms. The molecule has 1 spiro atoms. The van der Waals surface area contributed by atoms with E-state index in [4.69, 9.17) is 4.84 Å². The van der Waals surface area contributed by atoms with Gasteiger partial charge in [-0.05, 0) is 12.5 Å². The van der Waals surface area contributed by atoms with Gasteiger partial charge in [0, 0.05) is 38.8 Å². The minimum Gasteiger partial charge on any atom is -0.386 e. The number of aromatic nitrogens is 2. The summed E-state index contributed by atoms with van der Waals surface area (Å²) in [6.07, 6.45) is 4.95. The average molecular weight is 275 g/mol. The molecule has 0 saturated carbocycles. The van der Waals surface area contributed by atoms with Crippen LogP contribution in [0.4, 0.5) is 5.95 Å². The summed E-state index contributed by atoms with van der Waals surface area (Å²) in [5.74, 6) is 0.524. The standard InChI is InChI=1S/C13H17N5O2/c1-9-6-15-12(16-7-9)18-4-3-13(8-18)5-10(17-20-13)11(19)14-2/h6-7H,3-5,8H2,1-2H3,(H,14,19). The summed E-state index contributed by atoms with van der Waals surface area (Å²) < 4.78 is 0. The number of carbonyl (C=O) groups is 1. The van der Waals surface area contributed by atoms with Crippen molar-refractivity contribution < 1.29 is 9.63 Å². The van der Waals surface area contributed by atoms with Crippen LogP contribution in [0, 0.1) is 6.92 Å². The van der Waals surface area contributed by atoms with E-state index in [2.05, 4.69) is 25.3 Å². The maximum atomic E-state index is 11.6. The Morgan fingerprint density at radius 2 is 2.20 bits per heavy atom. The van der Waals surface area contributed by atoms with Crippen LogP contribution in [0.15, 0.2) is 17.5 Å². The fourth-order valence-corrected chi connectivity index (χ4v) is 2.57. The van der Waals surface area contributed by atoms with Crippen LogP contribution in [-0.2, 0) is 9.63 Å². The number of hydrogen-bond donors (Lipinski definition) is 1. The molecule has 1 amide bonds. The summed E-state index contributed by atoms with van der Waals surface area (Å²) >= 11 is 0. The number of oxime groups is 1. The van der Waals surface area contributed by atoms with Gasteiger partial charge in [-0.2, -0.15) is 0 Å². The second-order valence-corrected chi connectivity index (χ2v) is 5.30. The molecule has 1 aromatic rings. The number of aryl methyl sites for hydroxylation is 1. The largest absolute Gasteiger partial charge is 0.386 e. The summed E-state index contributed by atoms with van der Waals surface area (Å²) in [6.45, 7) is 3.42. The van der Waals surface area contributed by atoms with E-state index in [1.54, 1.807) is 19.4 Å². The fraction of sp³-hybridized carbons (Fsp3) is 0.538. The Morgan fingerprint density at radius 3 is 2.90 bits per heavy atom. The molecule has 0 aromatic carbocycles. The first-order valence-electron chi connectivity index (χ1n) is 6.63. The van der Waals surface area contributed by atoms with Crippen LogP contribution in [0.1, 0.15) is 18.4 Å². The van der Waals surface area contributed by atoms with Gasteiger partial charge in [0.1, 0.15) is 5.71 Å². The first-order valence-corrected chi connectivity index (χ1v) is 6.63. The van der Waals surface area contributed by atoms with Crippen LogP contribution >= 0.6 is 0 Å². The fourth-order valence-electron chi connectivity index (χ4n) is 2.57. The molecule has 7 nitrogen and oxygen atoms in total. The van der Waals surface area contributed by atoms with Crippen molar-refractivity contribution in [1.82, 2.24) is 15.3 Å². The molecule has 1 N–H and O–H groups in total. The van der Waals surface area contributed by atoms with Gasteiger partial charge in [-0.3, -0.25) is 4.79 Å². The van der Waals surface area contributed by atoms with E-state index >= 15 is 0 Å². The van der Waals surface area contributed by atoms with Crippen molar-refractivity contribution in [1.29, 1.82) is 0 Å². The third-order valence-corrected chi connectivity index (χ3v) is 3.69. The highest BCUT2D eigenvalue weighted by Gasteiger charge is 2.47. The Kier molecular flexibility index (Phi) is 3.04. The molecule has 1 fully saturated rings. The van der Waals surface area contributed by atoms with Gasteiger partial charge in [0.2, 0.25) is 5.95 Å². The van der Waals surface area contributed by atoms with E-state index in [1.807, 2.05) is 6.92 Å². The molecule has 7 heteroatoms. The molecular weight excluding hydrogens is 258 g/mol. The molecule has 3 heterocycles. The molecule has 20 heavy (non-hydrogen) atoms. The van der Waals surface area contributed by atoms with Crippen molar-refractivity contribution in [3.63, 3.8) is 0 Å². The van der Waals surface area contributed by atoms with E-state index in [0.717, 1.165) is 18.5 Å². The first kappa shape index (κ1) is 12.8. The van der Waals surface area contributed by atoms with Gasteiger partial charge in [-0.25, -0.2) is 9.97 Å². The summed E-state index contributed by atoms with van der Waals surface area (Å²) in [4.78, 5) is 27.9. The topological polar surface area (TPSA) is 79.7 Å². The van der Waals surface area contributed by atoms with Crippen LogP contribution < -0.4 is 10.2 Å². The van der Waals surface area contributed by atoms with E-state index in [1.165, 1.54) is 0 Å². The van der Waals surface area contributed by atoms with Gasteiger partial charge < -0.3 is 15.1 Å². The van der Waals surface area contributed by atoms with Crippen molar-refractivity contribution in [2.24, 2.45) is 5.16 Å². The zero-order valence-corrected chi connectivity index (χ0v) is 11.6. The number of nitrogens with zero attached hydrogens (tertiary/aromatic N) is 4. The minimum absolute atomic E-state index is 0.174. The lowest BCUT2D eigenvalue weighted by atomic mass is 9.96.